The predicted molar refractivity (Wildman–Crippen MR) is 46.6 cm³/mol. The first-order valence-corrected chi connectivity index (χ1v) is 4.05. The van der Waals surface area contributed by atoms with E-state index in [1.54, 1.807) is 6.07 Å². The first kappa shape index (κ1) is 9.77. The fourth-order valence-corrected chi connectivity index (χ4v) is 1.14. The standard InChI is InChI=1S/C9H7N5/c1-2-7(3-10)14-6-13-8(4-11)9(14)5-12/h6-7H,2H2,1H3. The Kier molecular flexibility index (Phi) is 2.84. The van der Waals surface area contributed by atoms with Gasteiger partial charge in [-0.3, -0.25) is 0 Å². The van der Waals surface area contributed by atoms with Crippen LogP contribution < -0.4 is 0 Å². The molecule has 0 saturated heterocycles. The van der Waals surface area contributed by atoms with Crippen LogP contribution in [0.2, 0.25) is 0 Å². The van der Waals surface area contributed by atoms with Crippen molar-refractivity contribution in [2.45, 2.75) is 19.4 Å². The maximum absolute atomic E-state index is 8.79. The van der Waals surface area contributed by atoms with Crippen LogP contribution in [0, 0.1) is 34.0 Å². The van der Waals surface area contributed by atoms with E-state index in [4.69, 9.17) is 15.8 Å². The molecule has 0 N–H and O–H groups in total. The van der Waals surface area contributed by atoms with Crippen molar-refractivity contribution in [1.29, 1.82) is 15.8 Å². The van der Waals surface area contributed by atoms with E-state index in [-0.39, 0.29) is 11.4 Å². The molecule has 1 aromatic rings. The van der Waals surface area contributed by atoms with Crippen molar-refractivity contribution in [3.05, 3.63) is 17.7 Å². The third-order valence-electron chi connectivity index (χ3n) is 1.88. The molecule has 0 saturated carbocycles. The summed E-state index contributed by atoms with van der Waals surface area (Å²) in [5, 5.41) is 26.2. The quantitative estimate of drug-likeness (QED) is 0.689. The fourth-order valence-electron chi connectivity index (χ4n) is 1.14. The fraction of sp³-hybridized carbons (Fsp3) is 0.333. The van der Waals surface area contributed by atoms with Gasteiger partial charge in [0.2, 0.25) is 0 Å². The van der Waals surface area contributed by atoms with Gasteiger partial charge < -0.3 is 4.57 Å². The van der Waals surface area contributed by atoms with Gasteiger partial charge in [-0.05, 0) is 6.42 Å². The van der Waals surface area contributed by atoms with Crippen LogP contribution in [-0.4, -0.2) is 9.55 Å². The first-order chi connectivity index (χ1) is 6.78. The van der Waals surface area contributed by atoms with Crippen molar-refractivity contribution >= 4 is 0 Å². The van der Waals surface area contributed by atoms with Crippen LogP contribution in [0.1, 0.15) is 30.8 Å². The molecule has 68 valence electrons. The topological polar surface area (TPSA) is 89.2 Å². The molecule has 0 aliphatic heterocycles. The molecule has 0 aliphatic carbocycles. The minimum absolute atomic E-state index is 0.0706. The summed E-state index contributed by atoms with van der Waals surface area (Å²) >= 11 is 0. The highest BCUT2D eigenvalue weighted by atomic mass is 15.1. The van der Waals surface area contributed by atoms with E-state index in [1.807, 2.05) is 19.1 Å². The van der Waals surface area contributed by atoms with Crippen LogP contribution in [0.4, 0.5) is 0 Å². The summed E-state index contributed by atoms with van der Waals surface area (Å²) in [4.78, 5) is 3.75. The summed E-state index contributed by atoms with van der Waals surface area (Å²) in [5.41, 5.74) is 0.224. The van der Waals surface area contributed by atoms with Gasteiger partial charge in [0.15, 0.2) is 11.4 Å². The normalized spacial score (nSPS) is 11.0. The van der Waals surface area contributed by atoms with Crippen LogP contribution in [0.5, 0.6) is 0 Å². The maximum Gasteiger partial charge on any atom is 0.176 e. The summed E-state index contributed by atoms with van der Waals surface area (Å²) in [6.45, 7) is 1.83. The van der Waals surface area contributed by atoms with Crippen LogP contribution in [0.3, 0.4) is 0 Å². The van der Waals surface area contributed by atoms with Crippen molar-refractivity contribution in [3.63, 3.8) is 0 Å². The second-order valence-electron chi connectivity index (χ2n) is 2.63. The third kappa shape index (κ3) is 1.42. The molecule has 0 aromatic carbocycles. The highest BCUT2D eigenvalue weighted by Gasteiger charge is 2.15. The van der Waals surface area contributed by atoms with Crippen molar-refractivity contribution < 1.29 is 0 Å². The molecule has 0 amide bonds. The number of nitrogens with zero attached hydrogens (tertiary/aromatic N) is 5. The Hall–Kier alpha value is -2.32. The van der Waals surface area contributed by atoms with E-state index in [2.05, 4.69) is 4.98 Å². The summed E-state index contributed by atoms with van der Waals surface area (Å²) in [5.74, 6) is 0. The average Bonchev–Trinajstić information content (AvgIpc) is 2.62. The van der Waals surface area contributed by atoms with Crippen molar-refractivity contribution in [1.82, 2.24) is 9.55 Å². The summed E-state index contributed by atoms with van der Waals surface area (Å²) in [6.07, 6.45) is 1.93. The number of nitriles is 3. The molecule has 1 unspecified atom stereocenters. The van der Waals surface area contributed by atoms with Crippen LogP contribution in [0.15, 0.2) is 6.33 Å². The van der Waals surface area contributed by atoms with Gasteiger partial charge >= 0.3 is 0 Å². The Morgan fingerprint density at radius 2 is 2.14 bits per heavy atom. The zero-order chi connectivity index (χ0) is 10.6. The van der Waals surface area contributed by atoms with E-state index in [0.29, 0.717) is 6.42 Å². The monoisotopic (exact) mass is 185 g/mol. The van der Waals surface area contributed by atoms with E-state index in [9.17, 15) is 0 Å². The molecule has 0 radical (unpaired) electrons. The molecule has 1 heterocycles. The minimum Gasteiger partial charge on any atom is -0.304 e. The Bertz CT molecular complexity index is 451. The van der Waals surface area contributed by atoms with E-state index in [0.717, 1.165) is 0 Å². The molecule has 0 bridgehead atoms. The van der Waals surface area contributed by atoms with E-state index < -0.39 is 6.04 Å². The number of hydrogen-bond acceptors (Lipinski definition) is 4. The largest absolute Gasteiger partial charge is 0.304 e. The highest BCUT2D eigenvalue weighted by molar-refractivity contribution is 5.36. The predicted octanol–water partition coefficient (Wildman–Crippen LogP) is 1.10. The Labute approximate surface area is 81.4 Å². The molecule has 0 spiro atoms. The lowest BCUT2D eigenvalue weighted by Crippen LogP contribution is -2.06. The number of hydrogen-bond donors (Lipinski definition) is 0. The van der Waals surface area contributed by atoms with Crippen LogP contribution in [-0.2, 0) is 0 Å². The van der Waals surface area contributed by atoms with Gasteiger partial charge in [-0.25, -0.2) is 4.98 Å². The first-order valence-electron chi connectivity index (χ1n) is 4.05. The molecular weight excluding hydrogens is 178 g/mol. The van der Waals surface area contributed by atoms with Gasteiger partial charge in [0.1, 0.15) is 18.2 Å². The van der Waals surface area contributed by atoms with E-state index in [1.165, 1.54) is 10.9 Å². The second kappa shape index (κ2) is 4.07. The molecule has 1 aromatic heterocycles. The van der Waals surface area contributed by atoms with Gasteiger partial charge in [-0.1, -0.05) is 6.92 Å². The minimum atomic E-state index is -0.431. The smallest absolute Gasteiger partial charge is 0.176 e. The molecule has 0 fully saturated rings. The summed E-state index contributed by atoms with van der Waals surface area (Å²) in [6, 6.07) is 5.29. The Morgan fingerprint density at radius 1 is 1.43 bits per heavy atom. The van der Waals surface area contributed by atoms with Gasteiger partial charge in [-0.2, -0.15) is 15.8 Å². The lowest BCUT2D eigenvalue weighted by molar-refractivity contribution is 0.591. The molecule has 0 aliphatic rings. The lowest BCUT2D eigenvalue weighted by atomic mass is 10.2. The van der Waals surface area contributed by atoms with Crippen molar-refractivity contribution in [3.8, 4) is 18.2 Å². The molecular formula is C9H7N5. The van der Waals surface area contributed by atoms with Gasteiger partial charge in [0.05, 0.1) is 12.4 Å². The van der Waals surface area contributed by atoms with E-state index >= 15 is 0 Å². The lowest BCUT2D eigenvalue weighted by Gasteiger charge is -2.07. The molecule has 14 heavy (non-hydrogen) atoms. The Balaban J connectivity index is 3.26. The van der Waals surface area contributed by atoms with Crippen LogP contribution in [0.25, 0.3) is 0 Å². The zero-order valence-corrected chi connectivity index (χ0v) is 7.60. The molecule has 5 heteroatoms. The molecule has 5 nitrogen and oxygen atoms in total. The molecule has 1 atom stereocenters. The zero-order valence-electron chi connectivity index (χ0n) is 7.60. The van der Waals surface area contributed by atoms with Gasteiger partial charge in [-0.15, -0.1) is 0 Å². The number of aromatic nitrogens is 2. The highest BCUT2D eigenvalue weighted by Crippen LogP contribution is 2.15. The van der Waals surface area contributed by atoms with Crippen LogP contribution >= 0.6 is 0 Å². The number of imidazole rings is 1. The maximum atomic E-state index is 8.79. The van der Waals surface area contributed by atoms with Crippen molar-refractivity contribution in [2.75, 3.05) is 0 Å². The van der Waals surface area contributed by atoms with Gasteiger partial charge in [0.25, 0.3) is 0 Å². The number of rotatable bonds is 2. The second-order valence-corrected chi connectivity index (χ2v) is 2.63. The van der Waals surface area contributed by atoms with Crippen molar-refractivity contribution in [2.24, 2.45) is 0 Å². The SMILES string of the molecule is CCC(C#N)n1cnc(C#N)c1C#N. The average molecular weight is 185 g/mol. The Morgan fingerprint density at radius 3 is 2.57 bits per heavy atom. The summed E-state index contributed by atoms with van der Waals surface area (Å²) < 4.78 is 1.43. The third-order valence-corrected chi connectivity index (χ3v) is 1.88. The van der Waals surface area contributed by atoms with Gasteiger partial charge in [0, 0.05) is 0 Å². The molecule has 1 rings (SSSR count). The summed E-state index contributed by atoms with van der Waals surface area (Å²) in [7, 11) is 0.